The van der Waals surface area contributed by atoms with Crippen LogP contribution in [0.2, 0.25) is 0 Å². The van der Waals surface area contributed by atoms with Crippen molar-refractivity contribution in [2.45, 2.75) is 4.90 Å². The fourth-order valence-corrected chi connectivity index (χ4v) is 2.51. The van der Waals surface area contributed by atoms with Crippen LogP contribution in [-0.4, -0.2) is 11.7 Å². The quantitative estimate of drug-likeness (QED) is 0.646. The molecule has 0 aromatic heterocycles. The molecule has 0 heterocycles. The van der Waals surface area contributed by atoms with Gasteiger partial charge in [0.05, 0.1) is 15.9 Å². The van der Waals surface area contributed by atoms with Crippen molar-refractivity contribution in [3.05, 3.63) is 58.6 Å². The Morgan fingerprint density at radius 1 is 1.15 bits per heavy atom. The van der Waals surface area contributed by atoms with E-state index < -0.39 is 11.6 Å². The van der Waals surface area contributed by atoms with Crippen LogP contribution >= 0.6 is 27.7 Å². The highest BCUT2D eigenvalue weighted by Gasteiger charge is 2.11. The molecule has 2 rings (SSSR count). The lowest BCUT2D eigenvalue weighted by Gasteiger charge is -2.07. The smallest absolute Gasteiger partial charge is 0.234 e. The van der Waals surface area contributed by atoms with Crippen molar-refractivity contribution in [1.82, 2.24) is 0 Å². The Morgan fingerprint density at radius 2 is 1.85 bits per heavy atom. The first-order valence-corrected chi connectivity index (χ1v) is 7.46. The minimum absolute atomic E-state index is 0.0201. The zero-order chi connectivity index (χ0) is 14.5. The minimum Gasteiger partial charge on any atom is -0.323 e. The van der Waals surface area contributed by atoms with Crippen molar-refractivity contribution in [3.63, 3.8) is 0 Å². The molecule has 20 heavy (non-hydrogen) atoms. The average molecular weight is 358 g/mol. The van der Waals surface area contributed by atoms with Gasteiger partial charge in [0, 0.05) is 11.0 Å². The molecule has 0 unspecified atom stereocenters. The van der Waals surface area contributed by atoms with Crippen LogP contribution in [0.15, 0.2) is 51.8 Å². The molecule has 104 valence electrons. The Labute approximate surface area is 127 Å². The minimum atomic E-state index is -0.684. The molecular formula is C14H10BrF2NOS. The highest BCUT2D eigenvalue weighted by molar-refractivity contribution is 9.10. The van der Waals surface area contributed by atoms with Gasteiger partial charge in [-0.05, 0) is 34.1 Å². The molecule has 1 amide bonds. The molecule has 0 aliphatic carbocycles. The van der Waals surface area contributed by atoms with E-state index in [0.717, 1.165) is 17.0 Å². The largest absolute Gasteiger partial charge is 0.323 e. The van der Waals surface area contributed by atoms with E-state index in [2.05, 4.69) is 21.2 Å². The highest BCUT2D eigenvalue weighted by atomic mass is 79.9. The van der Waals surface area contributed by atoms with Crippen LogP contribution in [0.3, 0.4) is 0 Å². The van der Waals surface area contributed by atoms with Crippen molar-refractivity contribution in [1.29, 1.82) is 0 Å². The van der Waals surface area contributed by atoms with Gasteiger partial charge in [-0.25, -0.2) is 8.78 Å². The van der Waals surface area contributed by atoms with E-state index in [1.807, 2.05) is 30.3 Å². The summed E-state index contributed by atoms with van der Waals surface area (Å²) in [5, 5.41) is 2.35. The van der Waals surface area contributed by atoms with Crippen molar-refractivity contribution < 1.29 is 13.6 Å². The maximum atomic E-state index is 13.5. The molecule has 6 heteroatoms. The molecule has 1 N–H and O–H groups in total. The van der Waals surface area contributed by atoms with Gasteiger partial charge in [-0.3, -0.25) is 4.79 Å². The predicted octanol–water partition coefficient (Wildman–Crippen LogP) is 4.46. The van der Waals surface area contributed by atoms with Crippen LogP contribution in [0.4, 0.5) is 14.5 Å². The lowest BCUT2D eigenvalue weighted by Crippen LogP contribution is -2.15. The van der Waals surface area contributed by atoms with E-state index >= 15 is 0 Å². The number of carbonyl (C=O) groups excluding carboxylic acids is 1. The first kappa shape index (κ1) is 15.0. The molecule has 0 fully saturated rings. The van der Waals surface area contributed by atoms with Gasteiger partial charge >= 0.3 is 0 Å². The third kappa shape index (κ3) is 4.05. The van der Waals surface area contributed by atoms with Crippen LogP contribution in [0.1, 0.15) is 0 Å². The van der Waals surface area contributed by atoms with E-state index in [9.17, 15) is 13.6 Å². The summed E-state index contributed by atoms with van der Waals surface area (Å²) in [7, 11) is 0. The summed E-state index contributed by atoms with van der Waals surface area (Å²) in [4.78, 5) is 12.6. The molecule has 0 saturated heterocycles. The molecule has 2 aromatic rings. The highest BCUT2D eigenvalue weighted by Crippen LogP contribution is 2.24. The van der Waals surface area contributed by atoms with Crippen LogP contribution < -0.4 is 5.32 Å². The van der Waals surface area contributed by atoms with Crippen LogP contribution in [-0.2, 0) is 4.79 Å². The summed E-state index contributed by atoms with van der Waals surface area (Å²) >= 11 is 4.20. The number of thioether (sulfide) groups is 1. The standard InChI is InChI=1S/C14H10BrF2NOS/c15-10-6-12(17)13(7-11(10)16)18-14(19)8-20-9-4-2-1-3-5-9/h1-7H,8H2,(H,18,19). The summed E-state index contributed by atoms with van der Waals surface area (Å²) in [5.41, 5.74) is -0.163. The fraction of sp³-hybridized carbons (Fsp3) is 0.0714. The zero-order valence-electron chi connectivity index (χ0n) is 10.2. The van der Waals surface area contributed by atoms with E-state index in [-0.39, 0.29) is 21.8 Å². The lowest BCUT2D eigenvalue weighted by atomic mass is 10.3. The van der Waals surface area contributed by atoms with E-state index in [4.69, 9.17) is 0 Å². The maximum Gasteiger partial charge on any atom is 0.234 e. The Balaban J connectivity index is 1.97. The second kappa shape index (κ2) is 6.85. The van der Waals surface area contributed by atoms with Gasteiger partial charge in [0.15, 0.2) is 0 Å². The van der Waals surface area contributed by atoms with E-state index in [1.54, 1.807) is 0 Å². The van der Waals surface area contributed by atoms with Gasteiger partial charge < -0.3 is 5.32 Å². The van der Waals surface area contributed by atoms with Crippen LogP contribution in [0.5, 0.6) is 0 Å². The molecule has 0 aliphatic heterocycles. The number of rotatable bonds is 4. The number of amides is 1. The summed E-state index contributed by atoms with van der Waals surface area (Å²) in [6.07, 6.45) is 0. The maximum absolute atomic E-state index is 13.5. The molecule has 0 bridgehead atoms. The molecule has 0 spiro atoms. The van der Waals surface area contributed by atoms with Gasteiger partial charge in [-0.15, -0.1) is 11.8 Å². The molecule has 0 radical (unpaired) electrons. The number of hydrogen-bond donors (Lipinski definition) is 1. The predicted molar refractivity (Wildman–Crippen MR) is 79.9 cm³/mol. The van der Waals surface area contributed by atoms with E-state index in [1.165, 1.54) is 11.8 Å². The van der Waals surface area contributed by atoms with Gasteiger partial charge in [0.25, 0.3) is 0 Å². The molecule has 0 saturated carbocycles. The first-order chi connectivity index (χ1) is 9.56. The molecule has 0 atom stereocenters. The molecule has 2 nitrogen and oxygen atoms in total. The average Bonchev–Trinajstić information content (AvgIpc) is 2.44. The second-order valence-corrected chi connectivity index (χ2v) is 5.80. The van der Waals surface area contributed by atoms with Gasteiger partial charge in [0.1, 0.15) is 11.6 Å². The number of benzene rings is 2. The van der Waals surface area contributed by atoms with Crippen LogP contribution in [0.25, 0.3) is 0 Å². The molecular weight excluding hydrogens is 348 g/mol. The Bertz CT molecular complexity index is 622. The molecule has 0 aliphatic rings. The lowest BCUT2D eigenvalue weighted by molar-refractivity contribution is -0.113. The third-order valence-electron chi connectivity index (χ3n) is 2.40. The topological polar surface area (TPSA) is 29.1 Å². The fourth-order valence-electron chi connectivity index (χ4n) is 1.47. The summed E-state index contributed by atoms with van der Waals surface area (Å²) in [6.45, 7) is 0. The normalized spacial score (nSPS) is 10.3. The van der Waals surface area contributed by atoms with Crippen molar-refractivity contribution in [3.8, 4) is 0 Å². The third-order valence-corrected chi connectivity index (χ3v) is 4.02. The van der Waals surface area contributed by atoms with Crippen LogP contribution in [0, 0.1) is 11.6 Å². The number of halogens is 3. The van der Waals surface area contributed by atoms with Gasteiger partial charge in [0.2, 0.25) is 5.91 Å². The summed E-state index contributed by atoms with van der Waals surface area (Å²) < 4.78 is 26.8. The van der Waals surface area contributed by atoms with Crippen molar-refractivity contribution in [2.24, 2.45) is 0 Å². The SMILES string of the molecule is O=C(CSc1ccccc1)Nc1cc(F)c(Br)cc1F. The first-order valence-electron chi connectivity index (χ1n) is 5.68. The monoisotopic (exact) mass is 357 g/mol. The van der Waals surface area contributed by atoms with Gasteiger partial charge in [-0.2, -0.15) is 0 Å². The Morgan fingerprint density at radius 3 is 2.55 bits per heavy atom. The number of carbonyl (C=O) groups is 1. The van der Waals surface area contributed by atoms with Gasteiger partial charge in [-0.1, -0.05) is 18.2 Å². The number of nitrogens with one attached hydrogen (secondary N) is 1. The van der Waals surface area contributed by atoms with E-state index in [0.29, 0.717) is 0 Å². The van der Waals surface area contributed by atoms with Crippen molar-refractivity contribution in [2.75, 3.05) is 11.1 Å². The van der Waals surface area contributed by atoms with Crippen molar-refractivity contribution >= 4 is 39.3 Å². The zero-order valence-corrected chi connectivity index (χ0v) is 12.6. The summed E-state index contributed by atoms with van der Waals surface area (Å²) in [5.74, 6) is -1.57. The number of hydrogen-bond acceptors (Lipinski definition) is 2. The Hall–Kier alpha value is -1.40. The second-order valence-electron chi connectivity index (χ2n) is 3.90. The Kier molecular flexibility index (Phi) is 5.14. The number of anilines is 1. The summed E-state index contributed by atoms with van der Waals surface area (Å²) in [6, 6.07) is 11.3. The molecule has 2 aromatic carbocycles.